The van der Waals surface area contributed by atoms with E-state index in [0.29, 0.717) is 26.9 Å². The van der Waals surface area contributed by atoms with Crippen LogP contribution in [0.2, 0.25) is 5.15 Å². The number of nitrogens with zero attached hydrogens (tertiary/aromatic N) is 9. The van der Waals surface area contributed by atoms with E-state index in [2.05, 4.69) is 41.7 Å². The lowest BCUT2D eigenvalue weighted by Crippen LogP contribution is -2.31. The first-order chi connectivity index (χ1) is 26.8. The van der Waals surface area contributed by atoms with Gasteiger partial charge < -0.3 is 34.4 Å². The van der Waals surface area contributed by atoms with E-state index >= 15 is 0 Å². The monoisotopic (exact) mass is 792 g/mol. The van der Waals surface area contributed by atoms with Crippen molar-refractivity contribution in [2.24, 2.45) is 0 Å². The average molecular weight is 793 g/mol. The summed E-state index contributed by atoms with van der Waals surface area (Å²) in [5.41, 5.74) is 8.10. The molecule has 4 heterocycles. The van der Waals surface area contributed by atoms with Crippen LogP contribution >= 0.6 is 23.8 Å². The molecular weight excluding hydrogens is 744 g/mol. The number of anilines is 4. The minimum Gasteiger partial charge on any atom is -0.370 e. The van der Waals surface area contributed by atoms with Crippen molar-refractivity contribution in [3.63, 3.8) is 0 Å². The van der Waals surface area contributed by atoms with E-state index in [4.69, 9.17) is 23.8 Å². The molecule has 14 heteroatoms. The minimum absolute atomic E-state index is 0.00237. The summed E-state index contributed by atoms with van der Waals surface area (Å²) in [6, 6.07) is 23.9. The number of aromatic nitrogens is 2. The van der Waals surface area contributed by atoms with Gasteiger partial charge in [0.05, 0.1) is 11.4 Å². The Morgan fingerprint density at radius 3 is 1.52 bits per heavy atom. The van der Waals surface area contributed by atoms with Crippen LogP contribution < -0.4 is 19.6 Å². The number of hydrogen-bond acceptors (Lipinski definition) is 10. The quantitative estimate of drug-likeness (QED) is 0.167. The summed E-state index contributed by atoms with van der Waals surface area (Å²) in [5, 5.41) is 19.3. The SMILES string of the molecule is Cc1cc(N2CCCN(c3ccc(C(=O)N(C)C)cc3)CC2)c(C#N)c(=S)[nH]1.Cc1cc(N2CCCN(c3ccc(C(=O)N(C)C)cc3)CC2)c(C#N)c(Cl)n1. The second-order valence-electron chi connectivity index (χ2n) is 14.4. The molecule has 0 atom stereocenters. The molecule has 2 saturated heterocycles. The first kappa shape index (κ1) is 41.5. The van der Waals surface area contributed by atoms with Crippen LogP contribution in [-0.4, -0.2) is 112 Å². The third-order valence-corrected chi connectivity index (χ3v) is 10.5. The molecule has 4 aromatic rings. The number of H-pyrrole nitrogens is 1. The number of hydrogen-bond donors (Lipinski definition) is 1. The number of aromatic amines is 1. The summed E-state index contributed by atoms with van der Waals surface area (Å²) in [6.07, 6.45) is 1.94. The van der Waals surface area contributed by atoms with Gasteiger partial charge in [-0.3, -0.25) is 9.59 Å². The lowest BCUT2D eigenvalue weighted by Gasteiger charge is -2.26. The zero-order chi connectivity index (χ0) is 40.5. The summed E-state index contributed by atoms with van der Waals surface area (Å²) < 4.78 is 0.500. The third-order valence-electron chi connectivity index (χ3n) is 9.90. The van der Waals surface area contributed by atoms with Gasteiger partial charge in [0.2, 0.25) is 0 Å². The summed E-state index contributed by atoms with van der Waals surface area (Å²) in [7, 11) is 7.02. The van der Waals surface area contributed by atoms with Crippen molar-refractivity contribution in [2.45, 2.75) is 26.7 Å². The number of amides is 2. The second-order valence-corrected chi connectivity index (χ2v) is 15.1. The maximum Gasteiger partial charge on any atom is 0.253 e. The van der Waals surface area contributed by atoms with E-state index < -0.39 is 0 Å². The summed E-state index contributed by atoms with van der Waals surface area (Å²) in [5.74, 6) is 0.0103. The van der Waals surface area contributed by atoms with Gasteiger partial charge in [-0.15, -0.1) is 0 Å². The number of benzene rings is 2. The van der Waals surface area contributed by atoms with Gasteiger partial charge in [-0.2, -0.15) is 10.5 Å². The van der Waals surface area contributed by atoms with E-state index in [1.807, 2.05) is 74.5 Å². The summed E-state index contributed by atoms with van der Waals surface area (Å²) in [6.45, 7) is 10.7. The minimum atomic E-state index is 0.00237. The van der Waals surface area contributed by atoms with Crippen LogP contribution in [0.15, 0.2) is 60.7 Å². The highest BCUT2D eigenvalue weighted by molar-refractivity contribution is 7.71. The third kappa shape index (κ3) is 9.96. The molecule has 0 radical (unpaired) electrons. The predicted molar refractivity (Wildman–Crippen MR) is 227 cm³/mol. The van der Waals surface area contributed by atoms with Crippen molar-refractivity contribution >= 4 is 58.4 Å². The molecule has 0 saturated carbocycles. The van der Waals surface area contributed by atoms with E-state index in [-0.39, 0.29) is 17.0 Å². The van der Waals surface area contributed by atoms with Crippen LogP contribution in [0, 0.1) is 41.2 Å². The first-order valence-electron chi connectivity index (χ1n) is 18.7. The molecule has 56 heavy (non-hydrogen) atoms. The molecule has 2 fully saturated rings. The van der Waals surface area contributed by atoms with Crippen LogP contribution in [0.3, 0.4) is 0 Å². The van der Waals surface area contributed by atoms with Crippen LogP contribution in [0.25, 0.3) is 0 Å². The number of nitrogens with one attached hydrogen (secondary N) is 1. The molecule has 0 spiro atoms. The first-order valence-corrected chi connectivity index (χ1v) is 19.4. The lowest BCUT2D eigenvalue weighted by molar-refractivity contribution is 0.0820. The van der Waals surface area contributed by atoms with Crippen molar-refractivity contribution in [1.82, 2.24) is 19.8 Å². The number of carbonyl (C=O) groups excluding carboxylic acids is 2. The molecule has 0 unspecified atom stereocenters. The van der Waals surface area contributed by atoms with Gasteiger partial charge in [-0.25, -0.2) is 4.98 Å². The highest BCUT2D eigenvalue weighted by Gasteiger charge is 2.22. The lowest BCUT2D eigenvalue weighted by atomic mass is 10.1. The van der Waals surface area contributed by atoms with E-state index in [0.717, 1.165) is 99.3 Å². The molecule has 12 nitrogen and oxygen atoms in total. The van der Waals surface area contributed by atoms with Gasteiger partial charge in [0.15, 0.2) is 0 Å². The Hall–Kier alpha value is -5.63. The fourth-order valence-corrected chi connectivity index (χ4v) is 7.56. The molecule has 2 aromatic carbocycles. The van der Waals surface area contributed by atoms with E-state index in [1.54, 1.807) is 38.0 Å². The molecular formula is C42H49ClN10O2S. The topological polar surface area (TPSA) is 130 Å². The molecule has 2 amide bonds. The Kier molecular flexibility index (Phi) is 13.9. The number of aryl methyl sites for hydroxylation is 2. The van der Waals surface area contributed by atoms with Crippen LogP contribution in [0.4, 0.5) is 22.7 Å². The number of nitriles is 2. The Morgan fingerprint density at radius 2 is 1.09 bits per heavy atom. The van der Waals surface area contributed by atoms with Gasteiger partial charge >= 0.3 is 0 Å². The van der Waals surface area contributed by atoms with Gasteiger partial charge in [-0.05, 0) is 87.4 Å². The summed E-state index contributed by atoms with van der Waals surface area (Å²) >= 11 is 11.5. The second kappa shape index (κ2) is 18.8. The van der Waals surface area contributed by atoms with Crippen molar-refractivity contribution in [1.29, 1.82) is 10.5 Å². The smallest absolute Gasteiger partial charge is 0.253 e. The van der Waals surface area contributed by atoms with Crippen molar-refractivity contribution in [3.05, 3.63) is 104 Å². The molecule has 2 aliphatic rings. The standard InChI is InChI=1S/C21H24ClN5O.C21H25N5OS/c1-15-13-19(18(14-23)20(22)24-15)27-10-4-9-26(11-12-27)17-7-5-16(6-8-17)21(28)25(2)3;1-15-13-19(18(14-22)20(28)23-15)26-10-4-9-25(11-12-26)17-7-5-16(6-8-17)21(27)24(2)3/h5-8,13H,4,9-12H2,1-3H3;5-8,13H,4,9-12H2,1-3H3,(H,23,28). The van der Waals surface area contributed by atoms with E-state index in [9.17, 15) is 20.1 Å². The van der Waals surface area contributed by atoms with Crippen molar-refractivity contribution in [2.75, 3.05) is 100 Å². The fraction of sp³-hybridized carbons (Fsp3) is 0.381. The normalized spacial score (nSPS) is 14.4. The molecule has 0 aliphatic carbocycles. The zero-order valence-electron chi connectivity index (χ0n) is 33.0. The van der Waals surface area contributed by atoms with Gasteiger partial charge in [0.1, 0.15) is 33.1 Å². The van der Waals surface area contributed by atoms with Gasteiger partial charge in [-0.1, -0.05) is 23.8 Å². The Labute approximate surface area is 340 Å². The summed E-state index contributed by atoms with van der Waals surface area (Å²) in [4.78, 5) is 43.7. The molecule has 2 aliphatic heterocycles. The highest BCUT2D eigenvalue weighted by Crippen LogP contribution is 2.29. The largest absolute Gasteiger partial charge is 0.370 e. The maximum atomic E-state index is 12.1. The highest BCUT2D eigenvalue weighted by atomic mass is 35.5. The Bertz CT molecular complexity index is 2170. The molecule has 1 N–H and O–H groups in total. The number of carbonyl (C=O) groups is 2. The number of pyridine rings is 2. The van der Waals surface area contributed by atoms with E-state index in [1.165, 1.54) is 0 Å². The maximum absolute atomic E-state index is 12.1. The zero-order valence-corrected chi connectivity index (χ0v) is 34.5. The van der Waals surface area contributed by atoms with Crippen molar-refractivity contribution < 1.29 is 9.59 Å². The Morgan fingerprint density at radius 1 is 0.679 bits per heavy atom. The van der Waals surface area contributed by atoms with Gasteiger partial charge in [0, 0.05) is 114 Å². The molecule has 0 bridgehead atoms. The van der Waals surface area contributed by atoms with Crippen LogP contribution in [-0.2, 0) is 0 Å². The van der Waals surface area contributed by atoms with Crippen LogP contribution in [0.1, 0.15) is 56.1 Å². The number of halogens is 1. The van der Waals surface area contributed by atoms with Gasteiger partial charge in [0.25, 0.3) is 11.8 Å². The molecule has 2 aromatic heterocycles. The fourth-order valence-electron chi connectivity index (χ4n) is 6.98. The predicted octanol–water partition coefficient (Wildman–Crippen LogP) is 6.68. The van der Waals surface area contributed by atoms with Crippen LogP contribution in [0.5, 0.6) is 0 Å². The number of rotatable bonds is 6. The Balaban J connectivity index is 0.000000214. The van der Waals surface area contributed by atoms with Crippen molar-refractivity contribution in [3.8, 4) is 12.1 Å². The molecule has 292 valence electrons. The molecule has 6 rings (SSSR count). The average Bonchev–Trinajstić information content (AvgIpc) is 3.59.